The Bertz CT molecular complexity index is 466. The number of primary amides is 1. The zero-order valence-electron chi connectivity index (χ0n) is 12.3. The SMILES string of the molecule is CCCCOc1cccc(CNC(=O)CSCC(N)=O)c1. The number of hydrogen-bond donors (Lipinski definition) is 2. The van der Waals surface area contributed by atoms with Crippen molar-refractivity contribution in [2.24, 2.45) is 5.73 Å². The lowest BCUT2D eigenvalue weighted by Crippen LogP contribution is -2.25. The second-order valence-corrected chi connectivity index (χ2v) is 5.57. The molecule has 0 radical (unpaired) electrons. The number of carbonyl (C=O) groups is 2. The molecule has 0 atom stereocenters. The molecule has 0 bridgehead atoms. The van der Waals surface area contributed by atoms with Gasteiger partial charge in [0.25, 0.3) is 0 Å². The van der Waals surface area contributed by atoms with Crippen molar-refractivity contribution in [1.29, 1.82) is 0 Å². The van der Waals surface area contributed by atoms with Crippen LogP contribution in [0.4, 0.5) is 0 Å². The fourth-order valence-corrected chi connectivity index (χ4v) is 2.17. The molecule has 6 heteroatoms. The number of unbranched alkanes of at least 4 members (excludes halogenated alkanes) is 1. The molecule has 0 fully saturated rings. The maximum absolute atomic E-state index is 11.6. The Balaban J connectivity index is 2.32. The molecule has 0 saturated heterocycles. The summed E-state index contributed by atoms with van der Waals surface area (Å²) >= 11 is 1.21. The number of nitrogens with two attached hydrogens (primary N) is 1. The van der Waals surface area contributed by atoms with Gasteiger partial charge < -0.3 is 15.8 Å². The number of amides is 2. The van der Waals surface area contributed by atoms with Gasteiger partial charge in [-0.05, 0) is 24.1 Å². The molecule has 0 spiro atoms. The first-order valence-electron chi connectivity index (χ1n) is 6.96. The monoisotopic (exact) mass is 310 g/mol. The maximum atomic E-state index is 11.6. The number of rotatable bonds is 10. The third-order valence-corrected chi connectivity index (χ3v) is 3.59. The van der Waals surface area contributed by atoms with Crippen LogP contribution < -0.4 is 15.8 Å². The molecule has 21 heavy (non-hydrogen) atoms. The van der Waals surface area contributed by atoms with Crippen LogP contribution in [0.25, 0.3) is 0 Å². The first-order chi connectivity index (χ1) is 10.1. The van der Waals surface area contributed by atoms with Gasteiger partial charge in [-0.15, -0.1) is 11.8 Å². The van der Waals surface area contributed by atoms with Gasteiger partial charge >= 0.3 is 0 Å². The predicted octanol–water partition coefficient (Wildman–Crippen LogP) is 1.70. The second-order valence-electron chi connectivity index (χ2n) is 4.59. The van der Waals surface area contributed by atoms with Gasteiger partial charge in [0.2, 0.25) is 11.8 Å². The average molecular weight is 310 g/mol. The van der Waals surface area contributed by atoms with Crippen molar-refractivity contribution in [1.82, 2.24) is 5.32 Å². The van der Waals surface area contributed by atoms with Crippen LogP contribution in [0.5, 0.6) is 5.75 Å². The molecule has 1 aromatic rings. The lowest BCUT2D eigenvalue weighted by Gasteiger charge is -2.08. The van der Waals surface area contributed by atoms with Crippen LogP contribution in [0.3, 0.4) is 0 Å². The highest BCUT2D eigenvalue weighted by atomic mass is 32.2. The molecule has 2 amide bonds. The highest BCUT2D eigenvalue weighted by Crippen LogP contribution is 2.13. The highest BCUT2D eigenvalue weighted by molar-refractivity contribution is 8.00. The van der Waals surface area contributed by atoms with Crippen LogP contribution in [0.1, 0.15) is 25.3 Å². The van der Waals surface area contributed by atoms with Crippen LogP contribution in [-0.2, 0) is 16.1 Å². The standard InChI is InChI=1S/C15H22N2O3S/c1-2-3-7-20-13-6-4-5-12(8-13)9-17-15(19)11-21-10-14(16)18/h4-6,8H,2-3,7,9-11H2,1H3,(H2,16,18)(H,17,19). The van der Waals surface area contributed by atoms with Crippen molar-refractivity contribution in [3.63, 3.8) is 0 Å². The van der Waals surface area contributed by atoms with E-state index in [0.717, 1.165) is 24.2 Å². The zero-order valence-corrected chi connectivity index (χ0v) is 13.1. The van der Waals surface area contributed by atoms with Gasteiger partial charge in [-0.1, -0.05) is 25.5 Å². The second kappa shape index (κ2) is 10.1. The van der Waals surface area contributed by atoms with Crippen molar-refractivity contribution in [3.8, 4) is 5.75 Å². The molecule has 0 saturated carbocycles. The molecular weight excluding hydrogens is 288 g/mol. The highest BCUT2D eigenvalue weighted by Gasteiger charge is 2.04. The van der Waals surface area contributed by atoms with E-state index in [4.69, 9.17) is 10.5 Å². The van der Waals surface area contributed by atoms with E-state index in [0.29, 0.717) is 13.2 Å². The lowest BCUT2D eigenvalue weighted by molar-refractivity contribution is -0.118. The quantitative estimate of drug-likeness (QED) is 0.645. The van der Waals surface area contributed by atoms with Gasteiger partial charge in [0.05, 0.1) is 18.1 Å². The summed E-state index contributed by atoms with van der Waals surface area (Å²) in [5.74, 6) is 0.686. The Hall–Kier alpha value is -1.69. The number of ether oxygens (including phenoxy) is 1. The van der Waals surface area contributed by atoms with Gasteiger partial charge in [-0.2, -0.15) is 0 Å². The van der Waals surface area contributed by atoms with Crippen LogP contribution in [0.2, 0.25) is 0 Å². The Kier molecular flexibility index (Phi) is 8.35. The zero-order chi connectivity index (χ0) is 15.5. The van der Waals surface area contributed by atoms with Gasteiger partial charge in [0.15, 0.2) is 0 Å². The Morgan fingerprint density at radius 3 is 2.86 bits per heavy atom. The van der Waals surface area contributed by atoms with E-state index in [1.807, 2.05) is 24.3 Å². The summed E-state index contributed by atoms with van der Waals surface area (Å²) in [5, 5.41) is 2.80. The molecule has 5 nitrogen and oxygen atoms in total. The van der Waals surface area contributed by atoms with Crippen LogP contribution in [0, 0.1) is 0 Å². The molecule has 0 aromatic heterocycles. The summed E-state index contributed by atoms with van der Waals surface area (Å²) < 4.78 is 5.62. The third-order valence-electron chi connectivity index (χ3n) is 2.63. The first-order valence-corrected chi connectivity index (χ1v) is 8.11. The smallest absolute Gasteiger partial charge is 0.230 e. The molecule has 0 aliphatic heterocycles. The third kappa shape index (κ3) is 8.24. The summed E-state index contributed by atoms with van der Waals surface area (Å²) in [6.45, 7) is 3.27. The van der Waals surface area contributed by atoms with E-state index in [2.05, 4.69) is 12.2 Å². The summed E-state index contributed by atoms with van der Waals surface area (Å²) in [4.78, 5) is 22.1. The molecule has 0 aliphatic rings. The minimum Gasteiger partial charge on any atom is -0.494 e. The number of carbonyl (C=O) groups excluding carboxylic acids is 2. The van der Waals surface area contributed by atoms with Crippen molar-refractivity contribution in [3.05, 3.63) is 29.8 Å². The molecule has 116 valence electrons. The summed E-state index contributed by atoms with van der Waals surface area (Å²) in [6.07, 6.45) is 2.12. The molecule has 0 heterocycles. The minimum atomic E-state index is -0.412. The van der Waals surface area contributed by atoms with Crippen molar-refractivity contribution < 1.29 is 14.3 Å². The topological polar surface area (TPSA) is 81.4 Å². The molecular formula is C15H22N2O3S. The Labute approximate surface area is 129 Å². The molecule has 3 N–H and O–H groups in total. The Morgan fingerprint density at radius 2 is 2.14 bits per heavy atom. The van der Waals surface area contributed by atoms with E-state index in [-0.39, 0.29) is 17.4 Å². The Morgan fingerprint density at radius 1 is 1.33 bits per heavy atom. The van der Waals surface area contributed by atoms with Gasteiger partial charge in [-0.3, -0.25) is 9.59 Å². The normalized spacial score (nSPS) is 10.1. The van der Waals surface area contributed by atoms with E-state index >= 15 is 0 Å². The number of nitrogens with one attached hydrogen (secondary N) is 1. The van der Waals surface area contributed by atoms with E-state index in [1.54, 1.807) is 0 Å². The summed E-state index contributed by atoms with van der Waals surface area (Å²) in [7, 11) is 0. The minimum absolute atomic E-state index is 0.112. The molecule has 0 aliphatic carbocycles. The van der Waals surface area contributed by atoms with E-state index in [1.165, 1.54) is 11.8 Å². The van der Waals surface area contributed by atoms with Crippen LogP contribution in [-0.4, -0.2) is 29.9 Å². The number of thioether (sulfide) groups is 1. The predicted molar refractivity (Wildman–Crippen MR) is 85.2 cm³/mol. The largest absolute Gasteiger partial charge is 0.494 e. The summed E-state index contributed by atoms with van der Waals surface area (Å²) in [6, 6.07) is 7.67. The van der Waals surface area contributed by atoms with Crippen LogP contribution in [0.15, 0.2) is 24.3 Å². The van der Waals surface area contributed by atoms with Crippen molar-refractivity contribution in [2.45, 2.75) is 26.3 Å². The molecule has 1 aromatic carbocycles. The van der Waals surface area contributed by atoms with E-state index in [9.17, 15) is 9.59 Å². The van der Waals surface area contributed by atoms with Gasteiger partial charge in [0.1, 0.15) is 5.75 Å². The van der Waals surface area contributed by atoms with Crippen molar-refractivity contribution >= 4 is 23.6 Å². The fourth-order valence-electron chi connectivity index (χ4n) is 1.58. The number of hydrogen-bond acceptors (Lipinski definition) is 4. The van der Waals surface area contributed by atoms with Crippen LogP contribution >= 0.6 is 11.8 Å². The molecule has 1 rings (SSSR count). The number of benzene rings is 1. The molecule has 0 unspecified atom stereocenters. The first kappa shape index (κ1) is 17.4. The maximum Gasteiger partial charge on any atom is 0.230 e. The van der Waals surface area contributed by atoms with Gasteiger partial charge in [0, 0.05) is 6.54 Å². The lowest BCUT2D eigenvalue weighted by atomic mass is 10.2. The van der Waals surface area contributed by atoms with E-state index < -0.39 is 5.91 Å². The summed E-state index contributed by atoms with van der Waals surface area (Å²) in [5.41, 5.74) is 5.99. The fraction of sp³-hybridized carbons (Fsp3) is 0.467. The average Bonchev–Trinajstić information content (AvgIpc) is 2.45. The van der Waals surface area contributed by atoms with Gasteiger partial charge in [-0.25, -0.2) is 0 Å². The van der Waals surface area contributed by atoms with Crippen molar-refractivity contribution in [2.75, 3.05) is 18.1 Å².